The van der Waals surface area contributed by atoms with Gasteiger partial charge in [0.15, 0.2) is 0 Å². The lowest BCUT2D eigenvalue weighted by atomic mass is 9.98. The van der Waals surface area contributed by atoms with E-state index in [-0.39, 0.29) is 35.3 Å². The van der Waals surface area contributed by atoms with E-state index < -0.39 is 33.6 Å². The summed E-state index contributed by atoms with van der Waals surface area (Å²) in [6.45, 7) is 3.95. The van der Waals surface area contributed by atoms with Crippen molar-refractivity contribution in [1.82, 2.24) is 4.31 Å². The minimum absolute atomic E-state index is 0.0337. The second-order valence-electron chi connectivity index (χ2n) is 7.20. The number of sulfonamides is 1. The van der Waals surface area contributed by atoms with Crippen molar-refractivity contribution in [3.63, 3.8) is 0 Å². The molecular weight excluding hydrogens is 453 g/mol. The fourth-order valence-electron chi connectivity index (χ4n) is 3.37. The van der Waals surface area contributed by atoms with Gasteiger partial charge < -0.3 is 10.1 Å². The van der Waals surface area contributed by atoms with Crippen LogP contribution in [0.5, 0.6) is 5.75 Å². The van der Waals surface area contributed by atoms with E-state index in [1.54, 1.807) is 19.9 Å². The van der Waals surface area contributed by atoms with Crippen LogP contribution < -0.4 is 10.1 Å². The van der Waals surface area contributed by atoms with Gasteiger partial charge in [-0.1, -0.05) is 0 Å². The quantitative estimate of drug-likeness (QED) is 0.666. The molecule has 1 aliphatic heterocycles. The molecular formula is C20H23F3N2O4S2. The van der Waals surface area contributed by atoms with E-state index in [1.807, 2.05) is 0 Å². The molecule has 0 aliphatic carbocycles. The molecule has 2 aromatic rings. The van der Waals surface area contributed by atoms with E-state index in [4.69, 9.17) is 4.74 Å². The van der Waals surface area contributed by atoms with Crippen molar-refractivity contribution in [2.75, 3.05) is 25.0 Å². The molecule has 31 heavy (non-hydrogen) atoms. The fraction of sp³-hybridized carbons (Fsp3) is 0.450. The number of hydrogen-bond donors (Lipinski definition) is 1. The third-order valence-corrected chi connectivity index (χ3v) is 8.26. The Morgan fingerprint density at radius 1 is 1.29 bits per heavy atom. The zero-order valence-corrected chi connectivity index (χ0v) is 18.7. The Bertz CT molecular complexity index is 1050. The maximum absolute atomic E-state index is 13.1. The molecule has 0 bridgehead atoms. The minimum Gasteiger partial charge on any atom is -0.492 e. The standard InChI is InChI=1S/C20H23F3N2O4S2/c1-3-29-17-8-7-15(20(21,22)23)11-16(17)24-19(26)14-5-4-10-25(12-14)31(27,28)18-9-6-13(2)30-18/h6-9,11,14H,3-5,10,12H2,1-2H3,(H,24,26). The van der Waals surface area contributed by atoms with Gasteiger partial charge in [-0.2, -0.15) is 17.5 Å². The smallest absolute Gasteiger partial charge is 0.416 e. The molecule has 6 nitrogen and oxygen atoms in total. The highest BCUT2D eigenvalue weighted by Gasteiger charge is 2.35. The number of halogens is 3. The maximum Gasteiger partial charge on any atom is 0.416 e. The van der Waals surface area contributed by atoms with Crippen LogP contribution in [-0.4, -0.2) is 38.3 Å². The molecule has 0 radical (unpaired) electrons. The molecule has 1 unspecified atom stereocenters. The minimum atomic E-state index is -4.57. The van der Waals surface area contributed by atoms with E-state index in [0.29, 0.717) is 12.8 Å². The molecule has 2 heterocycles. The molecule has 3 rings (SSSR count). The lowest BCUT2D eigenvalue weighted by molar-refractivity contribution is -0.137. The summed E-state index contributed by atoms with van der Waals surface area (Å²) in [6.07, 6.45) is -3.66. The number of rotatable bonds is 6. The summed E-state index contributed by atoms with van der Waals surface area (Å²) in [5.74, 6) is -1.10. The highest BCUT2D eigenvalue weighted by molar-refractivity contribution is 7.91. The van der Waals surface area contributed by atoms with Crippen LogP contribution in [0.4, 0.5) is 18.9 Å². The van der Waals surface area contributed by atoms with E-state index >= 15 is 0 Å². The van der Waals surface area contributed by atoms with Gasteiger partial charge in [-0.05, 0) is 57.0 Å². The van der Waals surface area contributed by atoms with Crippen molar-refractivity contribution < 1.29 is 31.1 Å². The second-order valence-corrected chi connectivity index (χ2v) is 10.7. The molecule has 170 valence electrons. The van der Waals surface area contributed by atoms with Crippen LogP contribution in [0.25, 0.3) is 0 Å². The zero-order chi connectivity index (χ0) is 22.8. The van der Waals surface area contributed by atoms with Crippen molar-refractivity contribution in [2.45, 2.75) is 37.1 Å². The summed E-state index contributed by atoms with van der Waals surface area (Å²) in [6, 6.07) is 6.14. The fourth-order valence-corrected chi connectivity index (χ4v) is 6.33. The highest BCUT2D eigenvalue weighted by atomic mass is 32.2. The summed E-state index contributed by atoms with van der Waals surface area (Å²) in [4.78, 5) is 13.7. The van der Waals surface area contributed by atoms with E-state index in [9.17, 15) is 26.4 Å². The lowest BCUT2D eigenvalue weighted by Gasteiger charge is -2.31. The van der Waals surface area contributed by atoms with Gasteiger partial charge in [-0.15, -0.1) is 11.3 Å². The third-order valence-electron chi connectivity index (χ3n) is 4.93. The summed E-state index contributed by atoms with van der Waals surface area (Å²) in [7, 11) is -3.72. The average Bonchev–Trinajstić information content (AvgIpc) is 3.16. The zero-order valence-electron chi connectivity index (χ0n) is 17.0. The molecule has 11 heteroatoms. The van der Waals surface area contributed by atoms with Crippen LogP contribution in [0, 0.1) is 12.8 Å². The van der Waals surface area contributed by atoms with Crippen LogP contribution in [0.15, 0.2) is 34.5 Å². The largest absolute Gasteiger partial charge is 0.492 e. The number of nitrogens with one attached hydrogen (secondary N) is 1. The lowest BCUT2D eigenvalue weighted by Crippen LogP contribution is -2.43. The van der Waals surface area contributed by atoms with Gasteiger partial charge in [0, 0.05) is 18.0 Å². The third kappa shape index (κ3) is 5.39. The van der Waals surface area contributed by atoms with Gasteiger partial charge in [0.1, 0.15) is 9.96 Å². The van der Waals surface area contributed by atoms with Gasteiger partial charge in [-0.3, -0.25) is 4.79 Å². The van der Waals surface area contributed by atoms with E-state index in [2.05, 4.69) is 5.32 Å². The van der Waals surface area contributed by atoms with Crippen LogP contribution in [0.3, 0.4) is 0 Å². The maximum atomic E-state index is 13.1. The SMILES string of the molecule is CCOc1ccc(C(F)(F)F)cc1NC(=O)C1CCCN(S(=O)(=O)c2ccc(C)s2)C1. The molecule has 0 saturated carbocycles. The second kappa shape index (κ2) is 9.17. The van der Waals surface area contributed by atoms with Crippen LogP contribution >= 0.6 is 11.3 Å². The van der Waals surface area contributed by atoms with Crippen LogP contribution in [0.2, 0.25) is 0 Å². The highest BCUT2D eigenvalue weighted by Crippen LogP contribution is 2.36. The van der Waals surface area contributed by atoms with Crippen molar-refractivity contribution in [3.05, 3.63) is 40.8 Å². The summed E-state index contributed by atoms with van der Waals surface area (Å²) in [5, 5.41) is 2.51. The molecule has 1 aliphatic rings. The number of benzene rings is 1. The average molecular weight is 477 g/mol. The Morgan fingerprint density at radius 2 is 2.03 bits per heavy atom. The number of ether oxygens (including phenoxy) is 1. The topological polar surface area (TPSA) is 75.7 Å². The predicted molar refractivity (Wildman–Crippen MR) is 112 cm³/mol. The van der Waals surface area contributed by atoms with Crippen LogP contribution in [0.1, 0.15) is 30.2 Å². The summed E-state index contributed by atoms with van der Waals surface area (Å²) < 4.78 is 71.9. The van der Waals surface area contributed by atoms with Crippen molar-refractivity contribution in [1.29, 1.82) is 0 Å². The Labute approximate surface area is 183 Å². The van der Waals surface area contributed by atoms with E-state index in [0.717, 1.165) is 28.3 Å². The normalized spacial score (nSPS) is 18.0. The van der Waals surface area contributed by atoms with Crippen molar-refractivity contribution in [3.8, 4) is 5.75 Å². The Hall–Kier alpha value is -2.11. The summed E-state index contributed by atoms with van der Waals surface area (Å²) in [5.41, 5.74) is -0.997. The molecule has 1 aromatic heterocycles. The molecule has 1 fully saturated rings. The number of anilines is 1. The molecule has 1 N–H and O–H groups in total. The first-order valence-corrected chi connectivity index (χ1v) is 12.0. The van der Waals surface area contributed by atoms with Gasteiger partial charge >= 0.3 is 6.18 Å². The van der Waals surface area contributed by atoms with Crippen LogP contribution in [-0.2, 0) is 21.0 Å². The number of thiophene rings is 1. The first-order chi connectivity index (χ1) is 14.5. The number of alkyl halides is 3. The first-order valence-electron chi connectivity index (χ1n) is 9.74. The number of hydrogen-bond acceptors (Lipinski definition) is 5. The number of amides is 1. The van der Waals surface area contributed by atoms with Crippen molar-refractivity contribution >= 4 is 33.0 Å². The Balaban J connectivity index is 1.79. The number of carbonyl (C=O) groups excluding carboxylic acids is 1. The van der Waals surface area contributed by atoms with E-state index in [1.165, 1.54) is 16.4 Å². The van der Waals surface area contributed by atoms with Gasteiger partial charge in [0.05, 0.1) is 23.8 Å². The predicted octanol–water partition coefficient (Wildman–Crippen LogP) is 4.51. The Kier molecular flexibility index (Phi) is 6.97. The Morgan fingerprint density at radius 3 is 2.65 bits per heavy atom. The van der Waals surface area contributed by atoms with Crippen molar-refractivity contribution in [2.24, 2.45) is 5.92 Å². The number of piperidine rings is 1. The number of aryl methyl sites for hydroxylation is 1. The number of nitrogens with zero attached hydrogens (tertiary/aromatic N) is 1. The summed E-state index contributed by atoms with van der Waals surface area (Å²) >= 11 is 1.16. The molecule has 0 spiro atoms. The number of carbonyl (C=O) groups is 1. The monoisotopic (exact) mass is 476 g/mol. The molecule has 1 saturated heterocycles. The molecule has 1 amide bonds. The molecule has 1 atom stereocenters. The van der Waals surface area contributed by atoms with Gasteiger partial charge in [-0.25, -0.2) is 8.42 Å². The van der Waals surface area contributed by atoms with Gasteiger partial charge in [0.2, 0.25) is 5.91 Å². The molecule has 1 aromatic carbocycles. The van der Waals surface area contributed by atoms with Gasteiger partial charge in [0.25, 0.3) is 10.0 Å². The first kappa shape index (κ1) is 23.6.